The van der Waals surface area contributed by atoms with Gasteiger partial charge in [0.25, 0.3) is 0 Å². The van der Waals surface area contributed by atoms with Crippen LogP contribution in [0, 0.1) is 0 Å². The number of hydrogen-bond acceptors (Lipinski definition) is 2. The van der Waals surface area contributed by atoms with Crippen molar-refractivity contribution in [3.63, 3.8) is 0 Å². The second kappa shape index (κ2) is 4.24. The molecule has 1 aliphatic rings. The summed E-state index contributed by atoms with van der Waals surface area (Å²) >= 11 is 5.80. The summed E-state index contributed by atoms with van der Waals surface area (Å²) in [6.07, 6.45) is 3.55. The highest BCUT2D eigenvalue weighted by Gasteiger charge is 2.21. The van der Waals surface area contributed by atoms with E-state index in [2.05, 4.69) is 0 Å². The van der Waals surface area contributed by atoms with E-state index in [0.29, 0.717) is 11.6 Å². The average molecular weight is 230 g/mol. The van der Waals surface area contributed by atoms with Crippen LogP contribution in [0.25, 0.3) is 0 Å². The molecule has 0 aromatic carbocycles. The molecule has 0 saturated carbocycles. The summed E-state index contributed by atoms with van der Waals surface area (Å²) in [7, 11) is 0. The zero-order valence-electron chi connectivity index (χ0n) is 8.15. The van der Waals surface area contributed by atoms with Gasteiger partial charge in [-0.1, -0.05) is 11.6 Å². The minimum absolute atomic E-state index is 0.0948. The summed E-state index contributed by atoms with van der Waals surface area (Å²) in [5.74, 6) is -0.951. The van der Waals surface area contributed by atoms with Gasteiger partial charge in [0.15, 0.2) is 0 Å². The van der Waals surface area contributed by atoms with Crippen molar-refractivity contribution in [2.75, 3.05) is 13.2 Å². The maximum absolute atomic E-state index is 11.0. The van der Waals surface area contributed by atoms with E-state index in [-0.39, 0.29) is 11.7 Å². The first-order valence-corrected chi connectivity index (χ1v) is 5.24. The molecule has 1 aromatic heterocycles. The molecule has 1 aliphatic heterocycles. The van der Waals surface area contributed by atoms with Crippen molar-refractivity contribution >= 4 is 17.6 Å². The fourth-order valence-electron chi connectivity index (χ4n) is 1.86. The molecule has 5 heteroatoms. The van der Waals surface area contributed by atoms with Gasteiger partial charge in [0.2, 0.25) is 0 Å². The van der Waals surface area contributed by atoms with Gasteiger partial charge in [0, 0.05) is 12.8 Å². The smallest absolute Gasteiger partial charge is 0.352 e. The van der Waals surface area contributed by atoms with Crippen molar-refractivity contribution in [1.82, 2.24) is 4.57 Å². The third-order valence-corrected chi connectivity index (χ3v) is 2.77. The molecule has 1 aromatic rings. The minimum atomic E-state index is -0.951. The molecule has 1 saturated heterocycles. The van der Waals surface area contributed by atoms with Crippen molar-refractivity contribution in [3.8, 4) is 0 Å². The Labute approximate surface area is 92.4 Å². The summed E-state index contributed by atoms with van der Waals surface area (Å²) in [6, 6.07) is 1.57. The van der Waals surface area contributed by atoms with Gasteiger partial charge < -0.3 is 14.4 Å². The van der Waals surface area contributed by atoms with E-state index < -0.39 is 5.97 Å². The molecule has 0 amide bonds. The number of ether oxygens (including phenoxy) is 1. The van der Waals surface area contributed by atoms with Crippen LogP contribution in [-0.2, 0) is 4.74 Å². The van der Waals surface area contributed by atoms with Crippen molar-refractivity contribution in [1.29, 1.82) is 0 Å². The number of hydrogen-bond donors (Lipinski definition) is 1. The van der Waals surface area contributed by atoms with Crippen molar-refractivity contribution in [3.05, 3.63) is 23.0 Å². The summed E-state index contributed by atoms with van der Waals surface area (Å²) < 4.78 is 7.02. The van der Waals surface area contributed by atoms with E-state index in [9.17, 15) is 4.79 Å². The molecule has 82 valence electrons. The van der Waals surface area contributed by atoms with Gasteiger partial charge in [0.1, 0.15) is 5.69 Å². The van der Waals surface area contributed by atoms with E-state index in [1.165, 1.54) is 6.07 Å². The van der Waals surface area contributed by atoms with E-state index in [1.54, 1.807) is 10.8 Å². The number of carboxylic acid groups (broad SMARTS) is 1. The first kappa shape index (κ1) is 10.5. The fraction of sp³-hybridized carbons (Fsp3) is 0.500. The molecular formula is C10H12ClNO3. The van der Waals surface area contributed by atoms with Crippen LogP contribution < -0.4 is 0 Å². The third-order valence-electron chi connectivity index (χ3n) is 2.56. The lowest BCUT2D eigenvalue weighted by Gasteiger charge is -2.24. The molecule has 0 radical (unpaired) electrons. The van der Waals surface area contributed by atoms with Crippen LogP contribution in [0.4, 0.5) is 0 Å². The second-order valence-electron chi connectivity index (χ2n) is 3.63. The molecule has 1 unspecified atom stereocenters. The maximum atomic E-state index is 11.0. The van der Waals surface area contributed by atoms with Gasteiger partial charge >= 0.3 is 5.97 Å². The molecule has 4 nitrogen and oxygen atoms in total. The summed E-state index contributed by atoms with van der Waals surface area (Å²) in [5.41, 5.74) is 0.232. The quantitative estimate of drug-likeness (QED) is 0.846. The van der Waals surface area contributed by atoms with Crippen LogP contribution in [0.15, 0.2) is 12.3 Å². The van der Waals surface area contributed by atoms with Gasteiger partial charge in [-0.2, -0.15) is 0 Å². The number of aromatic carboxylic acids is 1. The molecule has 15 heavy (non-hydrogen) atoms. The molecule has 2 rings (SSSR count). The summed E-state index contributed by atoms with van der Waals surface area (Å²) in [5, 5.41) is 9.45. The number of carbonyl (C=O) groups is 1. The van der Waals surface area contributed by atoms with Gasteiger partial charge in [0.05, 0.1) is 17.7 Å². The molecular weight excluding hydrogens is 218 g/mol. The normalized spacial score (nSPS) is 21.5. The van der Waals surface area contributed by atoms with Gasteiger partial charge in [-0.25, -0.2) is 4.79 Å². The van der Waals surface area contributed by atoms with Crippen LogP contribution in [0.3, 0.4) is 0 Å². The Balaban J connectivity index is 2.28. The first-order chi connectivity index (χ1) is 7.18. The van der Waals surface area contributed by atoms with E-state index >= 15 is 0 Å². The van der Waals surface area contributed by atoms with Gasteiger partial charge in [-0.15, -0.1) is 0 Å². The van der Waals surface area contributed by atoms with Crippen molar-refractivity contribution in [2.24, 2.45) is 0 Å². The lowest BCUT2D eigenvalue weighted by molar-refractivity contribution is 0.0540. The van der Waals surface area contributed by atoms with Crippen LogP contribution >= 0.6 is 11.6 Å². The van der Waals surface area contributed by atoms with Crippen LogP contribution in [0.1, 0.15) is 29.4 Å². The largest absolute Gasteiger partial charge is 0.477 e. The SMILES string of the molecule is O=C(O)c1cc(Cl)cn1C1CCCOC1. The van der Waals surface area contributed by atoms with Crippen LogP contribution in [-0.4, -0.2) is 28.9 Å². The Hall–Kier alpha value is -1.00. The van der Waals surface area contributed by atoms with Crippen LogP contribution in [0.2, 0.25) is 5.02 Å². The highest BCUT2D eigenvalue weighted by Crippen LogP contribution is 2.25. The minimum Gasteiger partial charge on any atom is -0.477 e. The predicted octanol–water partition coefficient (Wildman–Crippen LogP) is 2.19. The Morgan fingerprint density at radius 1 is 1.67 bits per heavy atom. The molecule has 1 fully saturated rings. The lowest BCUT2D eigenvalue weighted by Crippen LogP contribution is -2.23. The number of carboxylic acids is 1. The molecule has 1 N–H and O–H groups in total. The Kier molecular flexibility index (Phi) is 2.98. The van der Waals surface area contributed by atoms with Crippen LogP contribution in [0.5, 0.6) is 0 Å². The zero-order valence-corrected chi connectivity index (χ0v) is 8.91. The Morgan fingerprint density at radius 3 is 3.07 bits per heavy atom. The van der Waals surface area contributed by atoms with Crippen molar-refractivity contribution in [2.45, 2.75) is 18.9 Å². The molecule has 1 atom stereocenters. The monoisotopic (exact) mass is 229 g/mol. The lowest BCUT2D eigenvalue weighted by atomic mass is 10.1. The molecule has 0 aliphatic carbocycles. The number of halogens is 1. The maximum Gasteiger partial charge on any atom is 0.352 e. The van der Waals surface area contributed by atoms with E-state index in [1.807, 2.05) is 0 Å². The number of nitrogens with zero attached hydrogens (tertiary/aromatic N) is 1. The number of rotatable bonds is 2. The number of aromatic nitrogens is 1. The topological polar surface area (TPSA) is 51.5 Å². The second-order valence-corrected chi connectivity index (χ2v) is 4.06. The predicted molar refractivity (Wildman–Crippen MR) is 55.5 cm³/mol. The van der Waals surface area contributed by atoms with E-state index in [0.717, 1.165) is 19.4 Å². The third kappa shape index (κ3) is 2.16. The molecule has 2 heterocycles. The highest BCUT2D eigenvalue weighted by atomic mass is 35.5. The highest BCUT2D eigenvalue weighted by molar-refractivity contribution is 6.30. The van der Waals surface area contributed by atoms with Gasteiger partial charge in [-0.05, 0) is 18.9 Å². The van der Waals surface area contributed by atoms with Crippen molar-refractivity contribution < 1.29 is 14.6 Å². The van der Waals surface area contributed by atoms with E-state index in [4.69, 9.17) is 21.4 Å². The molecule has 0 spiro atoms. The standard InChI is InChI=1S/C10H12ClNO3/c11-7-4-9(10(13)14)12(5-7)8-2-1-3-15-6-8/h4-5,8H,1-3,6H2,(H,13,14). The first-order valence-electron chi connectivity index (χ1n) is 4.87. The molecule has 0 bridgehead atoms. The Morgan fingerprint density at radius 2 is 2.47 bits per heavy atom. The fourth-order valence-corrected chi connectivity index (χ4v) is 2.07. The Bertz CT molecular complexity index is 369. The van der Waals surface area contributed by atoms with Gasteiger partial charge in [-0.3, -0.25) is 0 Å². The zero-order chi connectivity index (χ0) is 10.8. The summed E-state index contributed by atoms with van der Waals surface area (Å²) in [6.45, 7) is 1.32. The summed E-state index contributed by atoms with van der Waals surface area (Å²) in [4.78, 5) is 11.0. The average Bonchev–Trinajstić information content (AvgIpc) is 2.62.